The first-order chi connectivity index (χ1) is 13.2. The lowest BCUT2D eigenvalue weighted by atomic mass is 10.2. The Morgan fingerprint density at radius 2 is 1.86 bits per heavy atom. The zero-order chi connectivity index (χ0) is 20.6. The molecule has 5 nitrogen and oxygen atoms in total. The molecule has 148 valence electrons. The summed E-state index contributed by atoms with van der Waals surface area (Å²) in [5.41, 5.74) is -1.46. The van der Waals surface area contributed by atoms with E-state index in [1.165, 1.54) is 15.9 Å². The highest BCUT2D eigenvalue weighted by Gasteiger charge is 2.21. The van der Waals surface area contributed by atoms with Gasteiger partial charge in [0.1, 0.15) is 10.5 Å². The van der Waals surface area contributed by atoms with Gasteiger partial charge < -0.3 is 5.32 Å². The molecule has 0 fully saturated rings. The van der Waals surface area contributed by atoms with Crippen LogP contribution in [0.15, 0.2) is 22.1 Å². The third kappa shape index (κ3) is 3.76. The Kier molecular flexibility index (Phi) is 5.75. The minimum absolute atomic E-state index is 0.0527. The fourth-order valence-corrected chi connectivity index (χ4v) is 4.28. The number of thiophene rings is 1. The fraction of sp³-hybridized carbons (Fsp3) is 0.235. The molecule has 0 saturated carbocycles. The molecule has 28 heavy (non-hydrogen) atoms. The maximum atomic E-state index is 13.7. The maximum Gasteiger partial charge on any atom is 0.262 e. The number of carbonyl (C=O) groups is 1. The number of fused-ring (bicyclic) bond motifs is 1. The summed E-state index contributed by atoms with van der Waals surface area (Å²) in [6, 6.07) is 1.78. The van der Waals surface area contributed by atoms with Crippen LogP contribution in [-0.4, -0.2) is 21.2 Å². The number of carbonyl (C=O) groups excluding carboxylic acids is 1. The number of hydrogen-bond acceptors (Lipinski definition) is 5. The summed E-state index contributed by atoms with van der Waals surface area (Å²) < 4.78 is 55.1. The van der Waals surface area contributed by atoms with Gasteiger partial charge in [0, 0.05) is 17.5 Å². The Balaban J connectivity index is 1.83. The van der Waals surface area contributed by atoms with E-state index in [9.17, 15) is 27.2 Å². The second kappa shape index (κ2) is 7.92. The second-order valence-corrected chi connectivity index (χ2v) is 7.88. The number of aromatic nitrogens is 2. The topological polar surface area (TPSA) is 64.0 Å². The van der Waals surface area contributed by atoms with Crippen molar-refractivity contribution in [1.29, 1.82) is 0 Å². The highest BCUT2D eigenvalue weighted by molar-refractivity contribution is 7.99. The van der Waals surface area contributed by atoms with Gasteiger partial charge in [-0.1, -0.05) is 11.8 Å². The average molecular weight is 431 g/mol. The first kappa shape index (κ1) is 20.3. The van der Waals surface area contributed by atoms with Gasteiger partial charge in [-0.05, 0) is 19.9 Å². The third-order valence-corrected chi connectivity index (χ3v) is 5.68. The molecular formula is C17H13F4N3O2S2. The van der Waals surface area contributed by atoms with E-state index in [1.807, 2.05) is 12.2 Å². The predicted octanol–water partition coefficient (Wildman–Crippen LogP) is 4.07. The lowest BCUT2D eigenvalue weighted by molar-refractivity contribution is -0.113. The van der Waals surface area contributed by atoms with Crippen LogP contribution >= 0.6 is 23.1 Å². The Morgan fingerprint density at radius 3 is 2.46 bits per heavy atom. The predicted molar refractivity (Wildman–Crippen MR) is 99.9 cm³/mol. The van der Waals surface area contributed by atoms with Crippen LogP contribution in [0.2, 0.25) is 0 Å². The number of rotatable bonds is 5. The molecule has 0 bridgehead atoms. The highest BCUT2D eigenvalue weighted by Crippen LogP contribution is 2.26. The van der Waals surface area contributed by atoms with Gasteiger partial charge in [-0.25, -0.2) is 22.5 Å². The van der Waals surface area contributed by atoms with Crippen molar-refractivity contribution in [2.24, 2.45) is 0 Å². The molecule has 2 heterocycles. The summed E-state index contributed by atoms with van der Waals surface area (Å²) >= 11 is 2.19. The van der Waals surface area contributed by atoms with Gasteiger partial charge >= 0.3 is 0 Å². The molecule has 0 aliphatic heterocycles. The van der Waals surface area contributed by atoms with E-state index in [0.29, 0.717) is 16.8 Å². The molecule has 0 unspecified atom stereocenters. The van der Waals surface area contributed by atoms with Crippen LogP contribution in [0, 0.1) is 30.2 Å². The van der Waals surface area contributed by atoms with E-state index in [4.69, 9.17) is 0 Å². The average Bonchev–Trinajstić information content (AvgIpc) is 3.02. The summed E-state index contributed by atoms with van der Waals surface area (Å²) in [5, 5.41) is 2.54. The number of aryl methyl sites for hydroxylation is 1. The number of nitrogens with zero attached hydrogens (tertiary/aromatic N) is 2. The number of hydrogen-bond donors (Lipinski definition) is 1. The fourth-order valence-electron chi connectivity index (χ4n) is 2.50. The zero-order valence-electron chi connectivity index (χ0n) is 14.6. The van der Waals surface area contributed by atoms with Crippen molar-refractivity contribution in [2.75, 3.05) is 11.1 Å². The molecule has 2 aromatic heterocycles. The minimum Gasteiger partial charge on any atom is -0.320 e. The van der Waals surface area contributed by atoms with E-state index in [0.717, 1.165) is 16.6 Å². The van der Waals surface area contributed by atoms with Crippen molar-refractivity contribution >= 4 is 44.9 Å². The first-order valence-electron chi connectivity index (χ1n) is 7.99. The van der Waals surface area contributed by atoms with Crippen LogP contribution in [0.4, 0.5) is 23.2 Å². The van der Waals surface area contributed by atoms with Crippen LogP contribution in [-0.2, 0) is 11.3 Å². The van der Waals surface area contributed by atoms with Crippen LogP contribution in [0.3, 0.4) is 0 Å². The molecule has 1 aromatic carbocycles. The highest BCUT2D eigenvalue weighted by atomic mass is 32.2. The van der Waals surface area contributed by atoms with E-state index >= 15 is 0 Å². The summed E-state index contributed by atoms with van der Waals surface area (Å²) in [6.45, 7) is 3.88. The summed E-state index contributed by atoms with van der Waals surface area (Å²) in [7, 11) is 0. The number of thioether (sulfide) groups is 1. The lowest BCUT2D eigenvalue weighted by Crippen LogP contribution is -2.23. The van der Waals surface area contributed by atoms with E-state index < -0.39 is 34.9 Å². The molecule has 3 aromatic rings. The maximum absolute atomic E-state index is 13.7. The van der Waals surface area contributed by atoms with Gasteiger partial charge in [0.2, 0.25) is 5.91 Å². The monoisotopic (exact) mass is 431 g/mol. The third-order valence-electron chi connectivity index (χ3n) is 3.76. The van der Waals surface area contributed by atoms with Crippen molar-refractivity contribution in [2.45, 2.75) is 25.5 Å². The van der Waals surface area contributed by atoms with E-state index in [-0.39, 0.29) is 22.5 Å². The van der Waals surface area contributed by atoms with Crippen molar-refractivity contribution in [3.63, 3.8) is 0 Å². The van der Waals surface area contributed by atoms with Crippen molar-refractivity contribution in [3.8, 4) is 0 Å². The molecule has 0 spiro atoms. The van der Waals surface area contributed by atoms with Gasteiger partial charge in [0.05, 0.1) is 11.1 Å². The molecule has 3 rings (SSSR count). The number of anilines is 1. The Labute approximate surface area is 164 Å². The SMILES string of the molecule is CCn1c(SCC(=O)Nc2c(F)c(F)cc(F)c2F)nc2sc(C)cc2c1=O. The molecule has 0 aliphatic rings. The second-order valence-electron chi connectivity index (χ2n) is 5.70. The Hall–Kier alpha value is -2.40. The number of nitrogens with one attached hydrogen (secondary N) is 1. The van der Waals surface area contributed by atoms with E-state index in [1.54, 1.807) is 13.0 Å². The Bertz CT molecular complexity index is 1120. The Morgan fingerprint density at radius 1 is 1.21 bits per heavy atom. The summed E-state index contributed by atoms with van der Waals surface area (Å²) in [6.07, 6.45) is 0. The number of halogens is 4. The van der Waals surface area contributed by atoms with Gasteiger partial charge in [-0.15, -0.1) is 11.3 Å². The summed E-state index contributed by atoms with van der Waals surface area (Å²) in [5.74, 6) is -7.93. The van der Waals surface area contributed by atoms with Gasteiger partial charge in [-0.2, -0.15) is 0 Å². The van der Waals surface area contributed by atoms with Crippen molar-refractivity contribution < 1.29 is 22.4 Å². The minimum atomic E-state index is -1.70. The van der Waals surface area contributed by atoms with Gasteiger partial charge in [-0.3, -0.25) is 14.2 Å². The molecule has 0 aliphatic carbocycles. The number of amides is 1. The smallest absolute Gasteiger partial charge is 0.262 e. The van der Waals surface area contributed by atoms with Crippen LogP contribution in [0.5, 0.6) is 0 Å². The molecule has 0 atom stereocenters. The quantitative estimate of drug-likeness (QED) is 0.286. The number of benzene rings is 1. The molecule has 1 N–H and O–H groups in total. The zero-order valence-corrected chi connectivity index (χ0v) is 16.2. The molecule has 1 amide bonds. The molecule has 0 saturated heterocycles. The van der Waals surface area contributed by atoms with E-state index in [2.05, 4.69) is 4.98 Å². The largest absolute Gasteiger partial charge is 0.320 e. The normalized spacial score (nSPS) is 11.2. The molecular weight excluding hydrogens is 418 g/mol. The van der Waals surface area contributed by atoms with Crippen LogP contribution < -0.4 is 10.9 Å². The van der Waals surface area contributed by atoms with Crippen molar-refractivity contribution in [3.05, 3.63) is 50.6 Å². The van der Waals surface area contributed by atoms with Gasteiger partial charge in [0.15, 0.2) is 28.4 Å². The van der Waals surface area contributed by atoms with Gasteiger partial charge in [0.25, 0.3) is 5.56 Å². The molecule has 11 heteroatoms. The lowest BCUT2D eigenvalue weighted by Gasteiger charge is -2.11. The molecule has 0 radical (unpaired) electrons. The summed E-state index contributed by atoms with van der Waals surface area (Å²) in [4.78, 5) is 30.4. The van der Waals surface area contributed by atoms with Crippen LogP contribution in [0.25, 0.3) is 10.2 Å². The van der Waals surface area contributed by atoms with Crippen LogP contribution in [0.1, 0.15) is 11.8 Å². The van der Waals surface area contributed by atoms with Crippen molar-refractivity contribution in [1.82, 2.24) is 9.55 Å². The standard InChI is InChI=1S/C17H13F4N3O2S2/c1-3-24-16(26)8-4-7(2)28-15(8)23-17(24)27-6-11(25)22-14-12(20)9(18)5-10(19)13(14)21/h4-5H,3,6H2,1-2H3,(H,22,25). The first-order valence-corrected chi connectivity index (χ1v) is 9.79.